The fraction of sp³-hybridized carbons (Fsp3) is 0.0909. The minimum atomic E-state index is -0.153. The Hall–Kier alpha value is -2.47. The van der Waals surface area contributed by atoms with Gasteiger partial charge in [-0.1, -0.05) is 60.1 Å². The molecule has 0 saturated carbocycles. The second-order valence-electron chi connectivity index (χ2n) is 6.26. The summed E-state index contributed by atoms with van der Waals surface area (Å²) in [7, 11) is 0. The number of carbonyl (C=O) groups excluding carboxylic acids is 1. The van der Waals surface area contributed by atoms with E-state index in [1.165, 1.54) is 11.3 Å². The van der Waals surface area contributed by atoms with Crippen molar-refractivity contribution in [2.75, 3.05) is 0 Å². The maximum absolute atomic E-state index is 12.7. The molecule has 0 aliphatic heterocycles. The zero-order valence-electron chi connectivity index (χ0n) is 14.8. The maximum Gasteiger partial charge on any atom is 0.226 e. The maximum atomic E-state index is 12.7. The van der Waals surface area contributed by atoms with Crippen molar-refractivity contribution in [3.63, 3.8) is 0 Å². The Balaban J connectivity index is 1.49. The Morgan fingerprint density at radius 3 is 2.64 bits per heavy atom. The summed E-state index contributed by atoms with van der Waals surface area (Å²) < 4.78 is 0. The first kappa shape index (κ1) is 18.9. The third kappa shape index (κ3) is 4.50. The van der Waals surface area contributed by atoms with Crippen LogP contribution in [-0.2, 0) is 11.2 Å². The number of hydrogen-bond acceptors (Lipinski definition) is 4. The highest BCUT2D eigenvalue weighted by Crippen LogP contribution is 2.28. The fourth-order valence-electron chi connectivity index (χ4n) is 2.94. The highest BCUT2D eigenvalue weighted by atomic mass is 35.5. The molecule has 2 aromatic heterocycles. The Bertz CT molecular complexity index is 1060. The van der Waals surface area contributed by atoms with Gasteiger partial charge < -0.3 is 5.32 Å². The lowest BCUT2D eigenvalue weighted by atomic mass is 10.1. The molecule has 6 heteroatoms. The summed E-state index contributed by atoms with van der Waals surface area (Å²) in [5, 5.41) is 8.65. The molecule has 1 unspecified atom stereocenters. The molecule has 1 N–H and O–H groups in total. The third-order valence-corrected chi connectivity index (χ3v) is 6.34. The minimum Gasteiger partial charge on any atom is -0.344 e. The van der Waals surface area contributed by atoms with Crippen LogP contribution in [0.2, 0.25) is 5.02 Å². The summed E-state index contributed by atoms with van der Waals surface area (Å²) in [6.07, 6.45) is 0.242. The van der Waals surface area contributed by atoms with Gasteiger partial charge in [0.25, 0.3) is 0 Å². The molecule has 0 aliphatic rings. The molecule has 2 heterocycles. The zero-order chi connectivity index (χ0) is 19.3. The first-order valence-electron chi connectivity index (χ1n) is 8.77. The third-order valence-electron chi connectivity index (χ3n) is 4.23. The van der Waals surface area contributed by atoms with Crippen molar-refractivity contribution in [2.24, 2.45) is 0 Å². The summed E-state index contributed by atoms with van der Waals surface area (Å²) in [5.41, 5.74) is 2.79. The van der Waals surface area contributed by atoms with Crippen molar-refractivity contribution in [3.05, 3.63) is 98.6 Å². The van der Waals surface area contributed by atoms with E-state index in [4.69, 9.17) is 11.6 Å². The van der Waals surface area contributed by atoms with Crippen LogP contribution in [0.25, 0.3) is 10.6 Å². The molecule has 0 radical (unpaired) electrons. The molecule has 0 bridgehead atoms. The minimum absolute atomic E-state index is 0.0507. The quantitative estimate of drug-likeness (QED) is 0.414. The number of hydrogen-bond donors (Lipinski definition) is 1. The van der Waals surface area contributed by atoms with Crippen molar-refractivity contribution >= 4 is 40.2 Å². The number of nitrogens with zero attached hydrogens (tertiary/aromatic N) is 1. The standard InChI is InChI=1S/C22H17ClN2OS2/c23-17-9-4-8-16(12-17)22-24-18(14-28-22)13-20(26)25-21(19-10-5-11-27-19)15-6-2-1-3-7-15/h1-12,14,21H,13H2,(H,25,26). The van der Waals surface area contributed by atoms with Gasteiger partial charge in [-0.3, -0.25) is 4.79 Å². The van der Waals surface area contributed by atoms with E-state index in [0.29, 0.717) is 5.02 Å². The topological polar surface area (TPSA) is 42.0 Å². The van der Waals surface area contributed by atoms with Gasteiger partial charge >= 0.3 is 0 Å². The summed E-state index contributed by atoms with van der Waals surface area (Å²) in [6, 6.07) is 21.5. The zero-order valence-corrected chi connectivity index (χ0v) is 17.2. The first-order valence-corrected chi connectivity index (χ1v) is 10.9. The first-order chi connectivity index (χ1) is 13.7. The van der Waals surface area contributed by atoms with Crippen LogP contribution in [0, 0.1) is 0 Å². The van der Waals surface area contributed by atoms with Gasteiger partial charge in [0, 0.05) is 20.8 Å². The molecule has 1 atom stereocenters. The van der Waals surface area contributed by atoms with Gasteiger partial charge in [-0.05, 0) is 29.1 Å². The van der Waals surface area contributed by atoms with E-state index in [-0.39, 0.29) is 18.4 Å². The lowest BCUT2D eigenvalue weighted by molar-refractivity contribution is -0.120. The lowest BCUT2D eigenvalue weighted by Crippen LogP contribution is -2.30. The SMILES string of the molecule is O=C(Cc1csc(-c2cccc(Cl)c2)n1)NC(c1ccccc1)c1cccs1. The van der Waals surface area contributed by atoms with Crippen LogP contribution in [0.1, 0.15) is 22.2 Å². The van der Waals surface area contributed by atoms with E-state index in [2.05, 4.69) is 10.3 Å². The average molecular weight is 425 g/mol. The molecule has 1 amide bonds. The van der Waals surface area contributed by atoms with Crippen molar-refractivity contribution in [1.82, 2.24) is 10.3 Å². The second kappa shape index (κ2) is 8.69. The van der Waals surface area contributed by atoms with Gasteiger partial charge in [0.15, 0.2) is 0 Å². The number of amides is 1. The monoisotopic (exact) mass is 424 g/mol. The molecule has 3 nitrogen and oxygen atoms in total. The van der Waals surface area contributed by atoms with Crippen LogP contribution >= 0.6 is 34.3 Å². The molecule has 4 aromatic rings. The van der Waals surface area contributed by atoms with E-state index >= 15 is 0 Å². The normalized spacial score (nSPS) is 11.9. The van der Waals surface area contributed by atoms with Gasteiger partial charge in [-0.2, -0.15) is 0 Å². The molecule has 0 fully saturated rings. The van der Waals surface area contributed by atoms with E-state index in [9.17, 15) is 4.79 Å². The Morgan fingerprint density at radius 2 is 1.89 bits per heavy atom. The smallest absolute Gasteiger partial charge is 0.226 e. The van der Waals surface area contributed by atoms with Crippen LogP contribution in [0.4, 0.5) is 0 Å². The summed E-state index contributed by atoms with van der Waals surface area (Å²) >= 11 is 9.22. The summed E-state index contributed by atoms with van der Waals surface area (Å²) in [4.78, 5) is 18.4. The largest absolute Gasteiger partial charge is 0.344 e. The second-order valence-corrected chi connectivity index (χ2v) is 8.53. The number of thiophene rings is 1. The van der Waals surface area contributed by atoms with Gasteiger partial charge in [-0.15, -0.1) is 22.7 Å². The van der Waals surface area contributed by atoms with Crippen LogP contribution in [-0.4, -0.2) is 10.9 Å². The van der Waals surface area contributed by atoms with Crippen LogP contribution in [0.5, 0.6) is 0 Å². The Morgan fingerprint density at radius 1 is 1.04 bits per heavy atom. The molecule has 0 spiro atoms. The number of carbonyl (C=O) groups is 1. The van der Waals surface area contributed by atoms with E-state index in [1.54, 1.807) is 11.3 Å². The molecule has 0 aliphatic carbocycles. The van der Waals surface area contributed by atoms with Crippen LogP contribution in [0.3, 0.4) is 0 Å². The number of benzene rings is 2. The van der Waals surface area contributed by atoms with Crippen molar-refractivity contribution in [2.45, 2.75) is 12.5 Å². The lowest BCUT2D eigenvalue weighted by Gasteiger charge is -2.17. The van der Waals surface area contributed by atoms with Crippen molar-refractivity contribution in [1.29, 1.82) is 0 Å². The molecule has 4 rings (SSSR count). The highest BCUT2D eigenvalue weighted by Gasteiger charge is 2.18. The Kier molecular flexibility index (Phi) is 5.86. The number of thiazole rings is 1. The molecular weight excluding hydrogens is 408 g/mol. The average Bonchev–Trinajstić information content (AvgIpc) is 3.39. The van der Waals surface area contributed by atoms with Gasteiger partial charge in [0.05, 0.1) is 18.2 Å². The molecule has 140 valence electrons. The summed E-state index contributed by atoms with van der Waals surface area (Å²) in [6.45, 7) is 0. The van der Waals surface area contributed by atoms with Gasteiger partial charge in [0.1, 0.15) is 5.01 Å². The predicted octanol–water partition coefficient (Wildman–Crippen LogP) is 5.97. The van der Waals surface area contributed by atoms with Crippen LogP contribution < -0.4 is 5.32 Å². The number of halogens is 1. The summed E-state index contributed by atoms with van der Waals surface area (Å²) in [5.74, 6) is -0.0507. The Labute approximate surface area is 176 Å². The van der Waals surface area contributed by atoms with Gasteiger partial charge in [-0.25, -0.2) is 4.98 Å². The predicted molar refractivity (Wildman–Crippen MR) is 117 cm³/mol. The molecule has 0 saturated heterocycles. The van der Waals surface area contributed by atoms with E-state index in [1.807, 2.05) is 77.5 Å². The fourth-order valence-corrected chi connectivity index (χ4v) is 4.75. The van der Waals surface area contributed by atoms with Crippen molar-refractivity contribution in [3.8, 4) is 10.6 Å². The number of aromatic nitrogens is 1. The van der Waals surface area contributed by atoms with Crippen molar-refractivity contribution < 1.29 is 4.79 Å². The molecule has 2 aromatic carbocycles. The van der Waals surface area contributed by atoms with Crippen LogP contribution in [0.15, 0.2) is 77.5 Å². The number of rotatable bonds is 6. The molecular formula is C22H17ClN2OS2. The van der Waals surface area contributed by atoms with Gasteiger partial charge in [0.2, 0.25) is 5.91 Å². The van der Waals surface area contributed by atoms with E-state index < -0.39 is 0 Å². The number of nitrogens with one attached hydrogen (secondary N) is 1. The highest BCUT2D eigenvalue weighted by molar-refractivity contribution is 7.13. The molecule has 28 heavy (non-hydrogen) atoms. The van der Waals surface area contributed by atoms with E-state index in [0.717, 1.165) is 26.7 Å².